The van der Waals surface area contributed by atoms with Gasteiger partial charge in [0.05, 0.1) is 22.4 Å². The summed E-state index contributed by atoms with van der Waals surface area (Å²) in [5.74, 6) is 1.71. The minimum atomic E-state index is 0. The van der Waals surface area contributed by atoms with Crippen molar-refractivity contribution in [2.75, 3.05) is 4.90 Å². The number of aromatic nitrogens is 2. The van der Waals surface area contributed by atoms with E-state index in [0.717, 1.165) is 0 Å². The van der Waals surface area contributed by atoms with Crippen molar-refractivity contribution in [1.29, 1.82) is 0 Å². The van der Waals surface area contributed by atoms with Crippen LogP contribution >= 0.6 is 0 Å². The molecule has 3 nitrogen and oxygen atoms in total. The van der Waals surface area contributed by atoms with E-state index in [1.54, 1.807) is 0 Å². The third-order valence-electron chi connectivity index (χ3n) is 12.5. The van der Waals surface area contributed by atoms with E-state index < -0.39 is 0 Å². The molecule has 61 heavy (non-hydrogen) atoms. The van der Waals surface area contributed by atoms with Crippen LogP contribution in [0.3, 0.4) is 0 Å². The molecule has 8 aromatic rings. The second kappa shape index (κ2) is 17.5. The van der Waals surface area contributed by atoms with E-state index in [0.29, 0.717) is 23.7 Å². The van der Waals surface area contributed by atoms with Gasteiger partial charge in [0.1, 0.15) is 0 Å². The van der Waals surface area contributed by atoms with Crippen molar-refractivity contribution in [1.82, 2.24) is 4.57 Å². The predicted molar refractivity (Wildman–Crippen MR) is 255 cm³/mol. The van der Waals surface area contributed by atoms with Gasteiger partial charge >= 0.3 is 0 Å². The van der Waals surface area contributed by atoms with Crippen LogP contribution in [0.4, 0.5) is 17.1 Å². The maximum absolute atomic E-state index is 3.84. The second-order valence-corrected chi connectivity index (χ2v) is 17.7. The fourth-order valence-electron chi connectivity index (χ4n) is 9.61. The fraction of sp³-hybridized carbons (Fsp3) is 0.214. The normalized spacial score (nSPS) is 12.5. The maximum atomic E-state index is 3.84. The van der Waals surface area contributed by atoms with Crippen LogP contribution in [-0.2, 0) is 22.4 Å². The Morgan fingerprint density at radius 3 is 1.66 bits per heavy atom. The Balaban J connectivity index is 0.000000168. The zero-order chi connectivity index (χ0) is 41.7. The quantitative estimate of drug-likeness (QED) is 0.0880. The first-order chi connectivity index (χ1) is 29.1. The second-order valence-electron chi connectivity index (χ2n) is 17.7. The van der Waals surface area contributed by atoms with Gasteiger partial charge in [0.25, 0.3) is 6.33 Å². The average Bonchev–Trinajstić information content (AvgIpc) is 3.65. The summed E-state index contributed by atoms with van der Waals surface area (Å²) >= 11 is 0. The minimum Gasteiger partial charge on any atom is -0.318 e. The Labute approximate surface area is 379 Å². The van der Waals surface area contributed by atoms with E-state index in [4.69, 9.17) is 0 Å². The van der Waals surface area contributed by atoms with Crippen molar-refractivity contribution in [3.05, 3.63) is 204 Å². The van der Waals surface area contributed by atoms with Crippen LogP contribution in [0.2, 0.25) is 0 Å². The molecule has 309 valence electrons. The molecule has 0 spiro atoms. The summed E-state index contributed by atoms with van der Waals surface area (Å²) < 4.78 is 4.64. The number of nitrogens with zero attached hydrogens (tertiary/aromatic N) is 3. The molecule has 0 aliphatic carbocycles. The van der Waals surface area contributed by atoms with E-state index in [-0.39, 0.29) is 29.1 Å². The van der Waals surface area contributed by atoms with Crippen molar-refractivity contribution in [3.8, 4) is 11.4 Å². The molecule has 7 aromatic carbocycles. The van der Waals surface area contributed by atoms with Crippen LogP contribution in [0, 0.1) is 12.7 Å². The molecule has 5 heteroatoms. The molecule has 0 bridgehead atoms. The zero-order valence-electron chi connectivity index (χ0n) is 36.6. The molecule has 0 atom stereocenters. The number of anilines is 3. The molecule has 0 N–H and O–H groups in total. The number of para-hydroxylation sites is 6. The van der Waals surface area contributed by atoms with Gasteiger partial charge in [-0.3, -0.25) is 9.13 Å². The zero-order valence-corrected chi connectivity index (χ0v) is 38.8. The van der Waals surface area contributed by atoms with Gasteiger partial charge < -0.3 is 4.90 Å². The molecular formula is C56H55AuBN3-. The smallest absolute Gasteiger partial charge is 0.269 e. The molecule has 1 aromatic heterocycles. The summed E-state index contributed by atoms with van der Waals surface area (Å²) in [5, 5.41) is 0. The number of fused-ring (bicyclic) bond motifs is 5. The largest absolute Gasteiger partial charge is 0.318 e. The van der Waals surface area contributed by atoms with Crippen molar-refractivity contribution < 1.29 is 26.9 Å². The Morgan fingerprint density at radius 2 is 1.00 bits per heavy atom. The summed E-state index contributed by atoms with van der Waals surface area (Å²) in [4.78, 5) is 2.41. The van der Waals surface area contributed by atoms with Crippen molar-refractivity contribution in [3.63, 3.8) is 0 Å². The molecule has 0 unspecified atom stereocenters. The first-order valence-electron chi connectivity index (χ1n) is 21.9. The van der Waals surface area contributed by atoms with Gasteiger partial charge in [0.15, 0.2) is 6.71 Å². The van der Waals surface area contributed by atoms with Crippen molar-refractivity contribution >= 4 is 51.2 Å². The molecule has 2 aliphatic heterocycles. The third-order valence-corrected chi connectivity index (χ3v) is 12.5. The third kappa shape index (κ3) is 7.50. The van der Waals surface area contributed by atoms with E-state index in [1.807, 2.05) is 0 Å². The van der Waals surface area contributed by atoms with Gasteiger partial charge in [-0.2, -0.15) is 0 Å². The molecule has 0 saturated heterocycles. The van der Waals surface area contributed by atoms with Crippen LogP contribution in [0.25, 0.3) is 22.4 Å². The van der Waals surface area contributed by atoms with Crippen molar-refractivity contribution in [2.45, 2.75) is 79.1 Å². The Bertz CT molecular complexity index is 2680. The van der Waals surface area contributed by atoms with Gasteiger partial charge in [-0.05, 0) is 64.1 Å². The van der Waals surface area contributed by atoms with Gasteiger partial charge in [-0.15, -0.1) is 40.6 Å². The first kappa shape index (κ1) is 42.2. The van der Waals surface area contributed by atoms with Crippen LogP contribution in [0.15, 0.2) is 158 Å². The van der Waals surface area contributed by atoms with Gasteiger partial charge in [0.2, 0.25) is 0 Å². The molecule has 10 rings (SSSR count). The summed E-state index contributed by atoms with van der Waals surface area (Å²) in [6, 6.07) is 57.3. The number of hydrogen-bond donors (Lipinski definition) is 0. The van der Waals surface area contributed by atoms with Gasteiger partial charge in [0, 0.05) is 39.4 Å². The predicted octanol–water partition coefficient (Wildman–Crippen LogP) is 12.1. The Kier molecular flexibility index (Phi) is 12.1. The average molecular weight is 978 g/mol. The first-order valence-corrected chi connectivity index (χ1v) is 21.9. The fourth-order valence-corrected chi connectivity index (χ4v) is 9.61. The van der Waals surface area contributed by atoms with E-state index in [1.165, 1.54) is 89.2 Å². The number of imidazole rings is 1. The molecular weight excluding hydrogens is 922 g/mol. The number of rotatable bonds is 7. The topological polar surface area (TPSA) is 12.0 Å². The monoisotopic (exact) mass is 977 g/mol. The Hall–Kier alpha value is -5.51. The van der Waals surface area contributed by atoms with Crippen LogP contribution < -0.4 is 25.9 Å². The Morgan fingerprint density at radius 1 is 0.492 bits per heavy atom. The van der Waals surface area contributed by atoms with Crippen LogP contribution in [-0.4, -0.2) is 11.3 Å². The maximum Gasteiger partial charge on any atom is 0.269 e. The van der Waals surface area contributed by atoms with Gasteiger partial charge in [-0.25, -0.2) is 0 Å². The summed E-state index contributed by atoms with van der Waals surface area (Å²) in [7, 11) is 0. The van der Waals surface area contributed by atoms with E-state index in [9.17, 15) is 0 Å². The van der Waals surface area contributed by atoms with Crippen LogP contribution in [0.5, 0.6) is 0 Å². The molecule has 2 aliphatic rings. The SMILES string of the molecule is CC(C)c1cccc(C(C)C)c1-n1[c-][n+](-c2c(C(C)C)cccc2C(C)C)c2ccccc21.[Au].c1ccc(N2c3ccccc3B3c4ccccc4[CH-]c4cccc2c43)cc1. The number of hydrogen-bond acceptors (Lipinski definition) is 1. The van der Waals surface area contributed by atoms with Crippen LogP contribution in [0.1, 0.15) is 112 Å². The molecule has 0 saturated carbocycles. The number of benzene rings is 7. The van der Waals surface area contributed by atoms with Gasteiger partial charge in [-0.1, -0.05) is 188 Å². The summed E-state index contributed by atoms with van der Waals surface area (Å²) in [5.41, 5.74) is 21.0. The molecule has 1 radical (unpaired) electrons. The summed E-state index contributed by atoms with van der Waals surface area (Å²) in [6.07, 6.45) is 6.17. The minimum absolute atomic E-state index is 0. The van der Waals surface area contributed by atoms with Crippen molar-refractivity contribution in [2.24, 2.45) is 0 Å². The molecule has 0 amide bonds. The van der Waals surface area contributed by atoms with E-state index >= 15 is 0 Å². The molecule has 0 fully saturated rings. The summed E-state index contributed by atoms with van der Waals surface area (Å²) in [6.45, 7) is 18.6. The standard InChI is InChI=1S/C31H38N2.C25H17BN.Au/c1-20(2)24-13-11-14-25(21(3)4)30(24)32-19-33(29-18-10-9-17-28(29)32)31-26(22(5)6)15-12-16-27(31)23(7)8;1-2-11-20(12-3-1)27-23-15-7-6-14-22(23)26-21-13-5-4-9-18(21)17-19-10-8-16-24(27)25(19)26;/h9-18,20-23H,1-8H3;1-17H;/q;-1;. The molecule has 3 heterocycles. The van der Waals surface area contributed by atoms with E-state index in [2.05, 4.69) is 240 Å².